The van der Waals surface area contributed by atoms with Crippen LogP contribution in [0, 0.1) is 0 Å². The molecule has 0 aliphatic carbocycles. The van der Waals surface area contributed by atoms with Gasteiger partial charge in [0.15, 0.2) is 0 Å². The number of ether oxygens (including phenoxy) is 3. The monoisotopic (exact) mass is 313 g/mol. The first-order valence-corrected chi connectivity index (χ1v) is 7.54. The van der Waals surface area contributed by atoms with Crippen LogP contribution in [-0.4, -0.2) is 50.0 Å². The largest absolute Gasteiger partial charge is 0.385 e. The fourth-order valence-electron chi connectivity index (χ4n) is 2.84. The smallest absolute Gasteiger partial charge is 0.224 e. The van der Waals surface area contributed by atoms with E-state index in [0.717, 1.165) is 36.6 Å². The van der Waals surface area contributed by atoms with Gasteiger partial charge in [0.25, 0.3) is 0 Å². The third kappa shape index (κ3) is 2.85. The Morgan fingerprint density at radius 1 is 1.33 bits per heavy atom. The van der Waals surface area contributed by atoms with Crippen LogP contribution in [0.5, 0.6) is 0 Å². The van der Waals surface area contributed by atoms with Crippen molar-refractivity contribution in [3.05, 3.63) is 16.5 Å². The molecule has 0 bridgehead atoms. The number of rotatable bonds is 4. The van der Waals surface area contributed by atoms with E-state index in [1.807, 2.05) is 6.92 Å². The van der Waals surface area contributed by atoms with Gasteiger partial charge in [0.2, 0.25) is 5.28 Å². The third-order valence-electron chi connectivity index (χ3n) is 4.09. The molecule has 0 radical (unpaired) electrons. The molecule has 6 nitrogen and oxygen atoms in total. The zero-order valence-electron chi connectivity index (χ0n) is 12.4. The fourth-order valence-corrected chi connectivity index (χ4v) is 3.00. The first-order valence-electron chi connectivity index (χ1n) is 7.16. The molecule has 1 unspecified atom stereocenters. The van der Waals surface area contributed by atoms with Gasteiger partial charge in [0.05, 0.1) is 25.5 Å². The molecule has 7 heteroatoms. The van der Waals surface area contributed by atoms with E-state index in [-0.39, 0.29) is 5.28 Å². The molecule has 2 aliphatic heterocycles. The van der Waals surface area contributed by atoms with Crippen LogP contribution in [0.15, 0.2) is 0 Å². The van der Waals surface area contributed by atoms with Crippen molar-refractivity contribution in [3.8, 4) is 0 Å². The van der Waals surface area contributed by atoms with Crippen molar-refractivity contribution in [2.24, 2.45) is 0 Å². The molecule has 0 N–H and O–H groups in total. The highest BCUT2D eigenvalue weighted by molar-refractivity contribution is 6.28. The molecule has 1 aromatic rings. The minimum atomic E-state index is -0.459. The molecule has 0 amide bonds. The molecule has 1 fully saturated rings. The van der Waals surface area contributed by atoms with Crippen molar-refractivity contribution in [3.63, 3.8) is 0 Å². The zero-order valence-corrected chi connectivity index (χ0v) is 13.2. The van der Waals surface area contributed by atoms with Gasteiger partial charge in [-0.05, 0) is 18.5 Å². The second-order valence-electron chi connectivity index (χ2n) is 5.51. The summed E-state index contributed by atoms with van der Waals surface area (Å²) < 4.78 is 16.6. The van der Waals surface area contributed by atoms with E-state index in [4.69, 9.17) is 25.8 Å². The van der Waals surface area contributed by atoms with Gasteiger partial charge < -0.3 is 19.1 Å². The van der Waals surface area contributed by atoms with E-state index < -0.39 is 5.60 Å². The lowest BCUT2D eigenvalue weighted by Crippen LogP contribution is -2.37. The van der Waals surface area contributed by atoms with E-state index >= 15 is 0 Å². The van der Waals surface area contributed by atoms with Gasteiger partial charge in [0, 0.05) is 38.8 Å². The number of methoxy groups -OCH3 is 1. The molecule has 21 heavy (non-hydrogen) atoms. The number of halogens is 1. The molecular formula is C14H20ClN3O3. The molecule has 1 saturated heterocycles. The Balaban J connectivity index is 1.95. The summed E-state index contributed by atoms with van der Waals surface area (Å²) in [6, 6.07) is 0. The lowest BCUT2D eigenvalue weighted by Gasteiger charge is -2.29. The zero-order chi connectivity index (χ0) is 14.9. The number of morpholine rings is 1. The summed E-state index contributed by atoms with van der Waals surface area (Å²) in [5, 5.41) is 0.268. The fraction of sp³-hybridized carbons (Fsp3) is 0.714. The predicted molar refractivity (Wildman–Crippen MR) is 78.7 cm³/mol. The Labute approximate surface area is 129 Å². The maximum absolute atomic E-state index is 6.14. The SMILES string of the molecule is COCCC1(C)OCc2c(N3CCOCC3)nc(Cl)nc21. The minimum Gasteiger partial charge on any atom is -0.385 e. The van der Waals surface area contributed by atoms with Crippen molar-refractivity contribution in [2.75, 3.05) is 44.9 Å². The number of fused-ring (bicyclic) bond motifs is 1. The van der Waals surface area contributed by atoms with Gasteiger partial charge >= 0.3 is 0 Å². The van der Waals surface area contributed by atoms with Gasteiger partial charge in [-0.3, -0.25) is 0 Å². The Morgan fingerprint density at radius 2 is 2.10 bits per heavy atom. The average Bonchev–Trinajstić information content (AvgIpc) is 2.83. The van der Waals surface area contributed by atoms with Crippen molar-refractivity contribution in [1.82, 2.24) is 9.97 Å². The van der Waals surface area contributed by atoms with E-state index in [1.165, 1.54) is 0 Å². The quantitative estimate of drug-likeness (QED) is 0.789. The van der Waals surface area contributed by atoms with Crippen LogP contribution in [0.1, 0.15) is 24.6 Å². The Kier molecular flexibility index (Phi) is 4.31. The molecule has 2 aliphatic rings. The summed E-state index contributed by atoms with van der Waals surface area (Å²) >= 11 is 6.14. The third-order valence-corrected chi connectivity index (χ3v) is 4.26. The van der Waals surface area contributed by atoms with Gasteiger partial charge in [-0.25, -0.2) is 9.97 Å². The highest BCUT2D eigenvalue weighted by Gasteiger charge is 2.40. The molecule has 3 heterocycles. The highest BCUT2D eigenvalue weighted by Crippen LogP contribution is 2.41. The van der Waals surface area contributed by atoms with Gasteiger partial charge in [-0.15, -0.1) is 0 Å². The van der Waals surface area contributed by atoms with Crippen molar-refractivity contribution in [2.45, 2.75) is 25.6 Å². The van der Waals surface area contributed by atoms with Crippen LogP contribution in [0.4, 0.5) is 5.82 Å². The number of hydrogen-bond acceptors (Lipinski definition) is 6. The summed E-state index contributed by atoms with van der Waals surface area (Å²) in [6.07, 6.45) is 0.742. The Hall–Kier alpha value is -0.950. The molecule has 0 saturated carbocycles. The van der Waals surface area contributed by atoms with Crippen LogP contribution in [0.3, 0.4) is 0 Å². The standard InChI is InChI=1S/C14H20ClN3O3/c1-14(3-6-19-2)11-10(9-21-14)12(17-13(15)16-11)18-4-7-20-8-5-18/h3-9H2,1-2H3. The molecule has 1 atom stereocenters. The minimum absolute atomic E-state index is 0.268. The van der Waals surface area contributed by atoms with Crippen LogP contribution in [-0.2, 0) is 26.4 Å². The van der Waals surface area contributed by atoms with Crippen LogP contribution < -0.4 is 4.90 Å². The molecule has 1 aromatic heterocycles. The molecule has 0 spiro atoms. The van der Waals surface area contributed by atoms with Crippen LogP contribution >= 0.6 is 11.6 Å². The summed E-state index contributed by atoms with van der Waals surface area (Å²) in [7, 11) is 1.69. The summed E-state index contributed by atoms with van der Waals surface area (Å²) in [4.78, 5) is 11.1. The summed E-state index contributed by atoms with van der Waals surface area (Å²) in [5.41, 5.74) is 1.47. The van der Waals surface area contributed by atoms with Gasteiger partial charge in [-0.2, -0.15) is 0 Å². The number of anilines is 1. The number of hydrogen-bond donors (Lipinski definition) is 0. The summed E-state index contributed by atoms with van der Waals surface area (Å²) in [5.74, 6) is 0.884. The van der Waals surface area contributed by atoms with Crippen LogP contribution in [0.2, 0.25) is 5.28 Å². The molecule has 3 rings (SSSR count). The van der Waals surface area contributed by atoms with Gasteiger partial charge in [-0.1, -0.05) is 0 Å². The predicted octanol–water partition coefficient (Wildman–Crippen LogP) is 1.75. The Morgan fingerprint density at radius 3 is 2.81 bits per heavy atom. The molecule has 116 valence electrons. The lowest BCUT2D eigenvalue weighted by molar-refractivity contribution is -0.0449. The first-order chi connectivity index (χ1) is 10.1. The van der Waals surface area contributed by atoms with Crippen molar-refractivity contribution in [1.29, 1.82) is 0 Å². The van der Waals surface area contributed by atoms with E-state index in [9.17, 15) is 0 Å². The van der Waals surface area contributed by atoms with E-state index in [1.54, 1.807) is 7.11 Å². The van der Waals surface area contributed by atoms with E-state index in [2.05, 4.69) is 14.9 Å². The maximum Gasteiger partial charge on any atom is 0.224 e. The van der Waals surface area contributed by atoms with Crippen molar-refractivity contribution < 1.29 is 14.2 Å². The number of aromatic nitrogens is 2. The summed E-state index contributed by atoms with van der Waals surface area (Å²) in [6.45, 7) is 6.20. The topological polar surface area (TPSA) is 56.7 Å². The van der Waals surface area contributed by atoms with E-state index in [0.29, 0.717) is 26.4 Å². The Bertz CT molecular complexity index is 522. The molecule has 0 aromatic carbocycles. The number of nitrogens with zero attached hydrogens (tertiary/aromatic N) is 3. The normalized spacial score (nSPS) is 25.2. The van der Waals surface area contributed by atoms with Crippen molar-refractivity contribution >= 4 is 17.4 Å². The van der Waals surface area contributed by atoms with Crippen LogP contribution in [0.25, 0.3) is 0 Å². The highest BCUT2D eigenvalue weighted by atomic mass is 35.5. The average molecular weight is 314 g/mol. The molecular weight excluding hydrogens is 294 g/mol. The van der Waals surface area contributed by atoms with Gasteiger partial charge in [0.1, 0.15) is 11.4 Å². The maximum atomic E-state index is 6.14. The first kappa shape index (κ1) is 15.0. The second kappa shape index (κ2) is 6.04. The lowest BCUT2D eigenvalue weighted by atomic mass is 9.97. The second-order valence-corrected chi connectivity index (χ2v) is 5.84.